The van der Waals surface area contributed by atoms with Gasteiger partial charge in [-0.3, -0.25) is 4.79 Å². The molecule has 1 aliphatic heterocycles. The van der Waals surface area contributed by atoms with Crippen molar-refractivity contribution in [3.8, 4) is 11.5 Å². The number of nitrogens with one attached hydrogen (secondary N) is 1. The Hall–Kier alpha value is -2.58. The van der Waals surface area contributed by atoms with E-state index < -0.39 is 15.9 Å². The van der Waals surface area contributed by atoms with E-state index in [1.807, 2.05) is 18.2 Å². The minimum atomic E-state index is -3.83. The van der Waals surface area contributed by atoms with E-state index in [2.05, 4.69) is 5.32 Å². The number of anilines is 1. The fourth-order valence-corrected chi connectivity index (χ4v) is 4.96. The number of methoxy groups -OCH3 is 2. The van der Waals surface area contributed by atoms with E-state index in [1.54, 1.807) is 24.3 Å². The van der Waals surface area contributed by atoms with Crippen LogP contribution in [0.3, 0.4) is 0 Å². The van der Waals surface area contributed by atoms with Crippen LogP contribution in [0.1, 0.15) is 12.8 Å². The highest BCUT2D eigenvalue weighted by atomic mass is 32.2. The molecule has 8 heteroatoms. The van der Waals surface area contributed by atoms with Gasteiger partial charge in [-0.05, 0) is 37.1 Å². The average Bonchev–Trinajstić information content (AvgIpc) is 2.74. The number of sulfonamides is 1. The van der Waals surface area contributed by atoms with Crippen molar-refractivity contribution in [2.24, 2.45) is 5.92 Å². The predicted octanol–water partition coefficient (Wildman–Crippen LogP) is 2.74. The number of carbonyl (C=O) groups is 1. The summed E-state index contributed by atoms with van der Waals surface area (Å²) in [6, 6.07) is 13.8. The molecule has 0 saturated carbocycles. The predicted molar refractivity (Wildman–Crippen MR) is 106 cm³/mol. The van der Waals surface area contributed by atoms with Crippen LogP contribution in [-0.2, 0) is 14.8 Å². The van der Waals surface area contributed by atoms with E-state index in [4.69, 9.17) is 9.47 Å². The molecule has 150 valence electrons. The van der Waals surface area contributed by atoms with Crippen LogP contribution in [0.25, 0.3) is 0 Å². The fraction of sp³-hybridized carbons (Fsp3) is 0.350. The molecular weight excluding hydrogens is 380 g/mol. The Morgan fingerprint density at radius 3 is 2.54 bits per heavy atom. The van der Waals surface area contributed by atoms with Gasteiger partial charge in [-0.25, -0.2) is 8.42 Å². The maximum Gasteiger partial charge on any atom is 0.246 e. The fourth-order valence-electron chi connectivity index (χ4n) is 3.27. The van der Waals surface area contributed by atoms with Gasteiger partial charge < -0.3 is 14.8 Å². The molecule has 28 heavy (non-hydrogen) atoms. The molecular formula is C20H24N2O5S. The first-order valence-electron chi connectivity index (χ1n) is 9.04. The lowest BCUT2D eigenvalue weighted by Gasteiger charge is -2.31. The molecule has 1 atom stereocenters. The van der Waals surface area contributed by atoms with Crippen molar-refractivity contribution in [3.63, 3.8) is 0 Å². The number of piperidine rings is 1. The number of ether oxygens (including phenoxy) is 2. The molecule has 0 aromatic heterocycles. The molecule has 1 saturated heterocycles. The number of benzene rings is 2. The van der Waals surface area contributed by atoms with Crippen LogP contribution in [0.4, 0.5) is 5.69 Å². The molecule has 1 amide bonds. The summed E-state index contributed by atoms with van der Waals surface area (Å²) in [5, 5.41) is 2.86. The van der Waals surface area contributed by atoms with Crippen LogP contribution in [0.2, 0.25) is 0 Å². The van der Waals surface area contributed by atoms with Crippen molar-refractivity contribution in [2.45, 2.75) is 17.7 Å². The Morgan fingerprint density at radius 2 is 1.86 bits per heavy atom. The summed E-state index contributed by atoms with van der Waals surface area (Å²) < 4.78 is 38.2. The van der Waals surface area contributed by atoms with Gasteiger partial charge in [0.1, 0.15) is 16.4 Å². The third kappa shape index (κ3) is 4.28. The van der Waals surface area contributed by atoms with Gasteiger partial charge in [-0.1, -0.05) is 18.2 Å². The first-order valence-corrected chi connectivity index (χ1v) is 10.5. The third-order valence-corrected chi connectivity index (χ3v) is 6.67. The molecule has 1 fully saturated rings. The van der Waals surface area contributed by atoms with E-state index >= 15 is 0 Å². The highest BCUT2D eigenvalue weighted by Gasteiger charge is 2.35. The Bertz CT molecular complexity index is 931. The second-order valence-electron chi connectivity index (χ2n) is 6.57. The lowest BCUT2D eigenvalue weighted by atomic mass is 9.99. The molecule has 1 aliphatic rings. The molecule has 0 unspecified atom stereocenters. The van der Waals surface area contributed by atoms with E-state index in [9.17, 15) is 13.2 Å². The highest BCUT2D eigenvalue weighted by molar-refractivity contribution is 7.89. The number of carbonyl (C=O) groups excluding carboxylic acids is 1. The summed E-state index contributed by atoms with van der Waals surface area (Å²) in [6.07, 6.45) is 1.25. The molecule has 2 aromatic rings. The molecule has 0 bridgehead atoms. The molecule has 3 rings (SSSR count). The number of amides is 1. The monoisotopic (exact) mass is 404 g/mol. The molecule has 1 heterocycles. The number of hydrogen-bond acceptors (Lipinski definition) is 5. The summed E-state index contributed by atoms with van der Waals surface area (Å²) in [6.45, 7) is 0.485. The molecule has 2 aromatic carbocycles. The third-order valence-electron chi connectivity index (χ3n) is 4.78. The van der Waals surface area contributed by atoms with Crippen LogP contribution >= 0.6 is 0 Å². The topological polar surface area (TPSA) is 84.9 Å². The van der Waals surface area contributed by atoms with Crippen molar-refractivity contribution >= 4 is 21.6 Å². The lowest BCUT2D eigenvalue weighted by molar-refractivity contribution is -0.120. The van der Waals surface area contributed by atoms with Crippen LogP contribution < -0.4 is 14.8 Å². The second kappa shape index (κ2) is 8.62. The minimum absolute atomic E-state index is 0.0402. The minimum Gasteiger partial charge on any atom is -0.497 e. The Labute approximate surface area is 165 Å². The van der Waals surface area contributed by atoms with Gasteiger partial charge in [0.15, 0.2) is 0 Å². The van der Waals surface area contributed by atoms with E-state index in [0.717, 1.165) is 0 Å². The summed E-state index contributed by atoms with van der Waals surface area (Å²) in [7, 11) is -0.929. The molecule has 7 nitrogen and oxygen atoms in total. The van der Waals surface area contributed by atoms with Crippen molar-refractivity contribution in [2.75, 3.05) is 32.6 Å². The van der Waals surface area contributed by atoms with Gasteiger partial charge in [-0.2, -0.15) is 4.31 Å². The number of para-hydroxylation sites is 1. The zero-order valence-electron chi connectivity index (χ0n) is 15.9. The maximum atomic E-state index is 13.2. The van der Waals surface area contributed by atoms with Crippen molar-refractivity contribution < 1.29 is 22.7 Å². The van der Waals surface area contributed by atoms with Gasteiger partial charge in [0.25, 0.3) is 0 Å². The maximum absolute atomic E-state index is 13.2. The first kappa shape index (κ1) is 20.2. The Kier molecular flexibility index (Phi) is 6.21. The van der Waals surface area contributed by atoms with Crippen molar-refractivity contribution in [3.05, 3.63) is 48.5 Å². The molecule has 0 aliphatic carbocycles. The van der Waals surface area contributed by atoms with E-state index in [1.165, 1.54) is 24.6 Å². The highest BCUT2D eigenvalue weighted by Crippen LogP contribution is 2.32. The SMILES string of the molecule is COc1ccc(OC)c(S(=O)(=O)N2CCC[C@@H](C(=O)Nc3ccccc3)C2)c1. The summed E-state index contributed by atoms with van der Waals surface area (Å²) in [4.78, 5) is 12.7. The van der Waals surface area contributed by atoms with Crippen molar-refractivity contribution in [1.29, 1.82) is 0 Å². The zero-order chi connectivity index (χ0) is 20.1. The Balaban J connectivity index is 1.80. The largest absolute Gasteiger partial charge is 0.497 e. The van der Waals surface area contributed by atoms with E-state index in [-0.39, 0.29) is 23.1 Å². The summed E-state index contributed by atoms with van der Waals surface area (Å²) in [5.74, 6) is 0.0791. The molecule has 0 spiro atoms. The lowest BCUT2D eigenvalue weighted by Crippen LogP contribution is -2.43. The normalized spacial score (nSPS) is 17.7. The Morgan fingerprint density at radius 1 is 1.11 bits per heavy atom. The first-order chi connectivity index (χ1) is 13.5. The number of nitrogens with zero attached hydrogens (tertiary/aromatic N) is 1. The molecule has 1 N–H and O–H groups in total. The van der Waals surface area contributed by atoms with Gasteiger partial charge in [0.05, 0.1) is 20.1 Å². The van der Waals surface area contributed by atoms with Gasteiger partial charge in [0, 0.05) is 24.8 Å². The van der Waals surface area contributed by atoms with Gasteiger partial charge >= 0.3 is 0 Å². The smallest absolute Gasteiger partial charge is 0.246 e. The van der Waals surface area contributed by atoms with Crippen molar-refractivity contribution in [1.82, 2.24) is 4.31 Å². The van der Waals surface area contributed by atoms with E-state index in [0.29, 0.717) is 30.8 Å². The summed E-state index contributed by atoms with van der Waals surface area (Å²) in [5.41, 5.74) is 0.696. The van der Waals surface area contributed by atoms with Crippen LogP contribution in [0.5, 0.6) is 11.5 Å². The van der Waals surface area contributed by atoms with Crippen LogP contribution in [0, 0.1) is 5.92 Å². The van der Waals surface area contributed by atoms with Gasteiger partial charge in [0.2, 0.25) is 15.9 Å². The number of hydrogen-bond donors (Lipinski definition) is 1. The molecule has 0 radical (unpaired) electrons. The van der Waals surface area contributed by atoms with Crippen LogP contribution in [-0.4, -0.2) is 45.9 Å². The van der Waals surface area contributed by atoms with Crippen LogP contribution in [0.15, 0.2) is 53.4 Å². The second-order valence-corrected chi connectivity index (χ2v) is 8.48. The van der Waals surface area contributed by atoms with Gasteiger partial charge in [-0.15, -0.1) is 0 Å². The standard InChI is InChI=1S/C20H24N2O5S/c1-26-17-10-11-18(27-2)19(13-17)28(24,25)22-12-6-7-15(14-22)20(23)21-16-8-4-3-5-9-16/h3-5,8-11,13,15H,6-7,12,14H2,1-2H3,(H,21,23)/t15-/m1/s1. The average molecular weight is 404 g/mol. The quantitative estimate of drug-likeness (QED) is 0.800. The number of rotatable bonds is 6. The zero-order valence-corrected chi connectivity index (χ0v) is 16.7. The summed E-state index contributed by atoms with van der Waals surface area (Å²) >= 11 is 0.